The molecule has 162 valence electrons. The highest BCUT2D eigenvalue weighted by Gasteiger charge is 2.28. The van der Waals surface area contributed by atoms with Crippen LogP contribution in [-0.2, 0) is 22.4 Å². The van der Waals surface area contributed by atoms with Gasteiger partial charge in [-0.3, -0.25) is 9.36 Å². The molecule has 7 nitrogen and oxygen atoms in total. The summed E-state index contributed by atoms with van der Waals surface area (Å²) in [5, 5.41) is 11.9. The number of carbonyl (C=O) groups excluding carboxylic acids is 2. The fourth-order valence-electron chi connectivity index (χ4n) is 3.57. The van der Waals surface area contributed by atoms with Gasteiger partial charge in [0.05, 0.1) is 17.4 Å². The van der Waals surface area contributed by atoms with Crippen LogP contribution in [0.2, 0.25) is 0 Å². The van der Waals surface area contributed by atoms with Crippen molar-refractivity contribution in [3.05, 3.63) is 52.7 Å². The van der Waals surface area contributed by atoms with Crippen molar-refractivity contribution >= 4 is 40.0 Å². The van der Waals surface area contributed by atoms with Crippen molar-refractivity contribution in [2.45, 2.75) is 49.9 Å². The minimum absolute atomic E-state index is 0.184. The second kappa shape index (κ2) is 9.65. The normalized spacial score (nSPS) is 14.0. The number of anilines is 1. The van der Waals surface area contributed by atoms with Crippen molar-refractivity contribution in [3.8, 4) is 5.69 Å². The Balaban J connectivity index is 1.52. The van der Waals surface area contributed by atoms with Gasteiger partial charge in [0.15, 0.2) is 5.16 Å². The summed E-state index contributed by atoms with van der Waals surface area (Å²) in [6.45, 7) is 3.91. The molecule has 1 atom stereocenters. The molecular formula is C22H24N4O3S2. The smallest absolute Gasteiger partial charge is 0.341 e. The van der Waals surface area contributed by atoms with Gasteiger partial charge in [0.2, 0.25) is 5.91 Å². The number of amides is 1. The van der Waals surface area contributed by atoms with Crippen molar-refractivity contribution in [1.29, 1.82) is 0 Å². The zero-order valence-electron chi connectivity index (χ0n) is 17.5. The van der Waals surface area contributed by atoms with Crippen LogP contribution in [0.5, 0.6) is 0 Å². The minimum Gasteiger partial charge on any atom is -0.462 e. The van der Waals surface area contributed by atoms with E-state index < -0.39 is 5.25 Å². The molecule has 1 aliphatic rings. The number of carbonyl (C=O) groups is 2. The molecule has 0 saturated heterocycles. The lowest BCUT2D eigenvalue weighted by molar-refractivity contribution is -0.115. The number of nitrogens with one attached hydrogen (secondary N) is 1. The van der Waals surface area contributed by atoms with Gasteiger partial charge in [-0.25, -0.2) is 4.79 Å². The first kappa shape index (κ1) is 21.6. The molecule has 0 radical (unpaired) electrons. The van der Waals surface area contributed by atoms with Crippen molar-refractivity contribution in [2.24, 2.45) is 0 Å². The third-order valence-electron chi connectivity index (χ3n) is 5.09. The Kier molecular flexibility index (Phi) is 6.72. The maximum atomic E-state index is 13.0. The van der Waals surface area contributed by atoms with Crippen LogP contribution >= 0.6 is 23.1 Å². The lowest BCUT2D eigenvalue weighted by Crippen LogP contribution is -2.23. The van der Waals surface area contributed by atoms with Gasteiger partial charge in [-0.15, -0.1) is 21.5 Å². The summed E-state index contributed by atoms with van der Waals surface area (Å²) >= 11 is 2.82. The molecule has 1 amide bonds. The number of hydrogen-bond acceptors (Lipinski definition) is 7. The standard InChI is InChI=1S/C22H24N4O3S2/c1-3-29-21(28)18-16-11-7-8-12-17(16)31-20(18)24-19(27)14(2)30-22-25-23-13-26(22)15-9-5-4-6-10-15/h4-6,9-10,13-14H,3,7-8,11-12H2,1-2H3,(H,24,27)/t14-/m0/s1. The third kappa shape index (κ3) is 4.67. The molecule has 0 spiro atoms. The summed E-state index contributed by atoms with van der Waals surface area (Å²) in [6.07, 6.45) is 5.57. The van der Waals surface area contributed by atoms with E-state index in [1.165, 1.54) is 28.0 Å². The molecule has 0 saturated carbocycles. The Hall–Kier alpha value is -2.65. The molecule has 2 heterocycles. The van der Waals surface area contributed by atoms with Crippen LogP contribution in [-0.4, -0.2) is 38.5 Å². The molecule has 0 unspecified atom stereocenters. The fraction of sp³-hybridized carbons (Fsp3) is 0.364. The van der Waals surface area contributed by atoms with Gasteiger partial charge >= 0.3 is 5.97 Å². The largest absolute Gasteiger partial charge is 0.462 e. The van der Waals surface area contributed by atoms with Crippen LogP contribution < -0.4 is 5.32 Å². The average molecular weight is 457 g/mol. The van der Waals surface area contributed by atoms with Gasteiger partial charge in [-0.05, 0) is 57.2 Å². The summed E-state index contributed by atoms with van der Waals surface area (Å²) in [6, 6.07) is 9.74. The first-order chi connectivity index (χ1) is 15.1. The highest BCUT2D eigenvalue weighted by molar-refractivity contribution is 8.00. The summed E-state index contributed by atoms with van der Waals surface area (Å²) < 4.78 is 7.12. The number of nitrogens with zero attached hydrogens (tertiary/aromatic N) is 3. The van der Waals surface area contributed by atoms with Gasteiger partial charge in [-0.2, -0.15) is 0 Å². The van der Waals surface area contributed by atoms with E-state index in [9.17, 15) is 9.59 Å². The van der Waals surface area contributed by atoms with E-state index in [0.29, 0.717) is 22.3 Å². The van der Waals surface area contributed by atoms with Gasteiger partial charge in [0.1, 0.15) is 11.3 Å². The third-order valence-corrected chi connectivity index (χ3v) is 7.35. The highest BCUT2D eigenvalue weighted by atomic mass is 32.2. The molecule has 4 rings (SSSR count). The number of thiophene rings is 1. The zero-order chi connectivity index (χ0) is 21.8. The zero-order valence-corrected chi connectivity index (χ0v) is 19.1. The second-order valence-corrected chi connectivity index (χ2v) is 9.62. The number of esters is 1. The fourth-order valence-corrected chi connectivity index (χ4v) is 5.69. The van der Waals surface area contributed by atoms with E-state index in [2.05, 4.69) is 15.5 Å². The quantitative estimate of drug-likeness (QED) is 0.416. The van der Waals surface area contributed by atoms with Crippen LogP contribution in [0.3, 0.4) is 0 Å². The summed E-state index contributed by atoms with van der Waals surface area (Å²) in [5.41, 5.74) is 2.49. The van der Waals surface area contributed by atoms with Crippen LogP contribution in [0, 0.1) is 0 Å². The van der Waals surface area contributed by atoms with Crippen molar-refractivity contribution in [2.75, 3.05) is 11.9 Å². The predicted molar refractivity (Wildman–Crippen MR) is 122 cm³/mol. The molecule has 2 aromatic heterocycles. The molecular weight excluding hydrogens is 432 g/mol. The maximum Gasteiger partial charge on any atom is 0.341 e. The van der Waals surface area contributed by atoms with E-state index in [1.807, 2.05) is 41.8 Å². The minimum atomic E-state index is -0.430. The van der Waals surface area contributed by atoms with Gasteiger partial charge in [0.25, 0.3) is 0 Å². The Bertz CT molecular complexity index is 1080. The molecule has 31 heavy (non-hydrogen) atoms. The van der Waals surface area contributed by atoms with Crippen molar-refractivity contribution < 1.29 is 14.3 Å². The maximum absolute atomic E-state index is 13.0. The predicted octanol–water partition coefficient (Wildman–Crippen LogP) is 4.50. The monoisotopic (exact) mass is 456 g/mol. The molecule has 1 aromatic carbocycles. The van der Waals surface area contributed by atoms with E-state index in [1.54, 1.807) is 13.3 Å². The lowest BCUT2D eigenvalue weighted by Gasteiger charge is -2.14. The van der Waals surface area contributed by atoms with Gasteiger partial charge < -0.3 is 10.1 Å². The number of aryl methyl sites for hydroxylation is 1. The Labute approximate surface area is 189 Å². The number of benzene rings is 1. The Morgan fingerprint density at radius 1 is 1.26 bits per heavy atom. The molecule has 3 aromatic rings. The van der Waals surface area contributed by atoms with E-state index >= 15 is 0 Å². The first-order valence-corrected chi connectivity index (χ1v) is 12.0. The van der Waals surface area contributed by atoms with Crippen LogP contribution in [0.25, 0.3) is 5.69 Å². The molecule has 1 N–H and O–H groups in total. The number of fused-ring (bicyclic) bond motifs is 1. The Morgan fingerprint density at radius 3 is 2.81 bits per heavy atom. The highest BCUT2D eigenvalue weighted by Crippen LogP contribution is 2.39. The first-order valence-electron chi connectivity index (χ1n) is 10.3. The van der Waals surface area contributed by atoms with Crippen molar-refractivity contribution in [3.63, 3.8) is 0 Å². The SMILES string of the molecule is CCOC(=O)c1c(NC(=O)[C@H](C)Sc2nncn2-c2ccccc2)sc2c1CCCC2. The second-order valence-electron chi connectivity index (χ2n) is 7.20. The summed E-state index contributed by atoms with van der Waals surface area (Å²) in [5.74, 6) is -0.543. The van der Waals surface area contributed by atoms with E-state index in [-0.39, 0.29) is 11.9 Å². The van der Waals surface area contributed by atoms with Crippen molar-refractivity contribution in [1.82, 2.24) is 14.8 Å². The van der Waals surface area contributed by atoms with Crippen LogP contribution in [0.1, 0.15) is 47.5 Å². The number of aromatic nitrogens is 3. The van der Waals surface area contributed by atoms with Crippen LogP contribution in [0.15, 0.2) is 41.8 Å². The number of para-hydroxylation sites is 1. The molecule has 0 bridgehead atoms. The topological polar surface area (TPSA) is 86.1 Å². The number of ether oxygens (including phenoxy) is 1. The van der Waals surface area contributed by atoms with Gasteiger partial charge in [0, 0.05) is 10.6 Å². The molecule has 0 aliphatic heterocycles. The Morgan fingerprint density at radius 2 is 2.03 bits per heavy atom. The number of hydrogen-bond donors (Lipinski definition) is 1. The number of thioether (sulfide) groups is 1. The van der Waals surface area contributed by atoms with Crippen LogP contribution in [0.4, 0.5) is 5.00 Å². The van der Waals surface area contributed by atoms with E-state index in [4.69, 9.17) is 4.74 Å². The average Bonchev–Trinajstić information content (AvgIpc) is 3.38. The van der Waals surface area contributed by atoms with Gasteiger partial charge in [-0.1, -0.05) is 30.0 Å². The molecule has 1 aliphatic carbocycles. The summed E-state index contributed by atoms with van der Waals surface area (Å²) in [7, 11) is 0. The van der Waals surface area contributed by atoms with E-state index in [0.717, 1.165) is 36.9 Å². The molecule has 0 fully saturated rings. The lowest BCUT2D eigenvalue weighted by atomic mass is 9.95. The molecule has 9 heteroatoms. The number of rotatable bonds is 7. The summed E-state index contributed by atoms with van der Waals surface area (Å²) in [4.78, 5) is 26.8.